The fraction of sp³-hybridized carbons (Fsp3) is 0.148. The molecule has 8 nitrogen and oxygen atoms in total. The predicted molar refractivity (Wildman–Crippen MR) is 147 cm³/mol. The molecule has 1 aliphatic rings. The second kappa shape index (κ2) is 10.2. The number of amides is 1. The van der Waals surface area contributed by atoms with Crippen molar-refractivity contribution in [3.8, 4) is 17.2 Å². The number of carbonyl (C=O) groups is 2. The van der Waals surface area contributed by atoms with Crippen LogP contribution >= 0.6 is 34.5 Å². The molecule has 0 saturated carbocycles. The van der Waals surface area contributed by atoms with Crippen LogP contribution in [0.3, 0.4) is 0 Å². The summed E-state index contributed by atoms with van der Waals surface area (Å²) in [6.45, 7) is 0. The fourth-order valence-electron chi connectivity index (χ4n) is 4.36. The molecule has 1 N–H and O–H groups in total. The van der Waals surface area contributed by atoms with Crippen molar-refractivity contribution >= 4 is 67.3 Å². The van der Waals surface area contributed by atoms with Crippen LogP contribution in [-0.4, -0.2) is 43.1 Å². The maximum Gasteiger partial charge on any atom is 0.301 e. The van der Waals surface area contributed by atoms with Gasteiger partial charge in [-0.2, -0.15) is 0 Å². The van der Waals surface area contributed by atoms with Gasteiger partial charge < -0.3 is 19.3 Å². The molecule has 1 saturated heterocycles. The number of Topliss-reactive ketones (excluding diaryl/α,β-unsaturated/α-hetero) is 1. The van der Waals surface area contributed by atoms with E-state index in [0.29, 0.717) is 43.9 Å². The Bertz CT molecular complexity index is 1590. The number of hydrogen-bond acceptors (Lipinski definition) is 8. The van der Waals surface area contributed by atoms with Gasteiger partial charge in [-0.25, -0.2) is 4.98 Å². The second-order valence-corrected chi connectivity index (χ2v) is 10.1. The molecule has 194 valence electrons. The van der Waals surface area contributed by atoms with E-state index in [1.165, 1.54) is 37.6 Å². The standard InChI is InChI=1S/C27H20Cl2N2O6S/c1-35-18-10-14(11-19(36-2)25(18)37-3)22-21(23(32)13-4-6-15(28)7-5-13)24(33)26(34)31(22)27-30-17-9-8-16(29)12-20(17)38-27/h4-12,22,32H,1-3H3/b23-21+. The highest BCUT2D eigenvalue weighted by atomic mass is 35.5. The van der Waals surface area contributed by atoms with Crippen LogP contribution < -0.4 is 19.1 Å². The molecule has 0 aliphatic carbocycles. The number of carbonyl (C=O) groups excluding carboxylic acids is 2. The summed E-state index contributed by atoms with van der Waals surface area (Å²) in [5, 5.41) is 12.6. The second-order valence-electron chi connectivity index (χ2n) is 8.24. The summed E-state index contributed by atoms with van der Waals surface area (Å²) in [7, 11) is 4.39. The van der Waals surface area contributed by atoms with Gasteiger partial charge in [-0.05, 0) is 60.2 Å². The zero-order valence-electron chi connectivity index (χ0n) is 20.3. The van der Waals surface area contributed by atoms with Crippen LogP contribution in [0, 0.1) is 0 Å². The lowest BCUT2D eigenvalue weighted by atomic mass is 9.95. The number of anilines is 1. The number of halogens is 2. The Morgan fingerprint density at radius 3 is 2.16 bits per heavy atom. The number of aliphatic hydroxyl groups excluding tert-OH is 1. The number of aliphatic hydroxyl groups is 1. The third-order valence-corrected chi connectivity index (χ3v) is 7.61. The van der Waals surface area contributed by atoms with Gasteiger partial charge >= 0.3 is 5.91 Å². The monoisotopic (exact) mass is 570 g/mol. The minimum atomic E-state index is -1.06. The van der Waals surface area contributed by atoms with Crippen LogP contribution in [0.5, 0.6) is 17.2 Å². The minimum absolute atomic E-state index is 0.121. The van der Waals surface area contributed by atoms with Gasteiger partial charge in [0.05, 0.1) is 43.2 Å². The molecule has 38 heavy (non-hydrogen) atoms. The highest BCUT2D eigenvalue weighted by Gasteiger charge is 2.48. The van der Waals surface area contributed by atoms with Gasteiger partial charge in [-0.15, -0.1) is 0 Å². The van der Waals surface area contributed by atoms with Crippen LogP contribution in [-0.2, 0) is 9.59 Å². The van der Waals surface area contributed by atoms with Crippen molar-refractivity contribution in [3.05, 3.63) is 81.3 Å². The van der Waals surface area contributed by atoms with Crippen molar-refractivity contribution in [1.82, 2.24) is 4.98 Å². The largest absolute Gasteiger partial charge is 0.507 e. The highest BCUT2D eigenvalue weighted by molar-refractivity contribution is 7.22. The Hall–Kier alpha value is -3.79. The quantitative estimate of drug-likeness (QED) is 0.166. The zero-order valence-corrected chi connectivity index (χ0v) is 22.6. The average Bonchev–Trinajstić information content (AvgIpc) is 3.45. The molecule has 3 aromatic carbocycles. The molecule has 1 fully saturated rings. The van der Waals surface area contributed by atoms with Gasteiger partial charge in [0.25, 0.3) is 5.78 Å². The lowest BCUT2D eigenvalue weighted by molar-refractivity contribution is -0.132. The number of fused-ring (bicyclic) bond motifs is 1. The Balaban J connectivity index is 1.78. The molecule has 0 spiro atoms. The lowest BCUT2D eigenvalue weighted by Gasteiger charge is -2.24. The first kappa shape index (κ1) is 25.8. The molecule has 1 aliphatic heterocycles. The summed E-state index contributed by atoms with van der Waals surface area (Å²) >= 11 is 13.4. The number of nitrogens with zero attached hydrogens (tertiary/aromatic N) is 2. The van der Waals surface area contributed by atoms with E-state index in [2.05, 4.69) is 4.98 Å². The van der Waals surface area contributed by atoms with Crippen LogP contribution in [0.4, 0.5) is 5.13 Å². The first-order valence-corrected chi connectivity index (χ1v) is 12.8. The van der Waals surface area contributed by atoms with Crippen molar-refractivity contribution in [1.29, 1.82) is 0 Å². The molecule has 2 heterocycles. The van der Waals surface area contributed by atoms with Crippen LogP contribution in [0.25, 0.3) is 16.0 Å². The smallest absolute Gasteiger partial charge is 0.301 e. The number of benzene rings is 3. The number of aromatic nitrogens is 1. The summed E-state index contributed by atoms with van der Waals surface area (Å²) in [6.07, 6.45) is 0. The van der Waals surface area contributed by atoms with Crippen molar-refractivity contribution in [2.45, 2.75) is 6.04 Å². The minimum Gasteiger partial charge on any atom is -0.507 e. The van der Waals surface area contributed by atoms with E-state index >= 15 is 0 Å². The molecule has 4 aromatic rings. The zero-order chi connectivity index (χ0) is 27.1. The molecular formula is C27H20Cl2N2O6S. The van der Waals surface area contributed by atoms with Gasteiger partial charge in [-0.3, -0.25) is 14.5 Å². The Kier molecular flexibility index (Phi) is 6.92. The summed E-state index contributed by atoms with van der Waals surface area (Å²) in [4.78, 5) is 32.9. The topological polar surface area (TPSA) is 98.2 Å². The molecule has 1 unspecified atom stereocenters. The summed E-state index contributed by atoms with van der Waals surface area (Å²) in [5.74, 6) is -1.10. The first-order valence-electron chi connectivity index (χ1n) is 11.2. The van der Waals surface area contributed by atoms with Crippen molar-refractivity contribution < 1.29 is 28.9 Å². The maximum atomic E-state index is 13.5. The van der Waals surface area contributed by atoms with Crippen LogP contribution in [0.2, 0.25) is 10.0 Å². The average molecular weight is 571 g/mol. The molecule has 5 rings (SSSR count). The van der Waals surface area contributed by atoms with E-state index in [0.717, 1.165) is 4.70 Å². The first-order chi connectivity index (χ1) is 18.3. The summed E-state index contributed by atoms with van der Waals surface area (Å²) in [6, 6.07) is 13.7. The summed E-state index contributed by atoms with van der Waals surface area (Å²) < 4.78 is 17.2. The van der Waals surface area contributed by atoms with Gasteiger partial charge in [-0.1, -0.05) is 34.5 Å². The molecule has 1 amide bonds. The van der Waals surface area contributed by atoms with Crippen LogP contribution in [0.1, 0.15) is 17.2 Å². The van der Waals surface area contributed by atoms with Gasteiger partial charge in [0.1, 0.15) is 5.76 Å². The van der Waals surface area contributed by atoms with Crippen LogP contribution in [0.15, 0.2) is 60.2 Å². The van der Waals surface area contributed by atoms with Gasteiger partial charge in [0.2, 0.25) is 5.75 Å². The highest BCUT2D eigenvalue weighted by Crippen LogP contribution is 2.48. The Labute approximate surface area is 231 Å². The van der Waals surface area contributed by atoms with E-state index in [1.807, 2.05) is 0 Å². The van der Waals surface area contributed by atoms with Crippen molar-refractivity contribution in [2.24, 2.45) is 0 Å². The number of methoxy groups -OCH3 is 3. The van der Waals surface area contributed by atoms with Gasteiger partial charge in [0, 0.05) is 15.6 Å². The normalized spacial score (nSPS) is 16.8. The number of rotatable bonds is 6. The third kappa shape index (κ3) is 4.32. The van der Waals surface area contributed by atoms with E-state index in [4.69, 9.17) is 37.4 Å². The molecule has 1 atom stereocenters. The Morgan fingerprint density at radius 1 is 0.921 bits per heavy atom. The lowest BCUT2D eigenvalue weighted by Crippen LogP contribution is -2.29. The molecule has 0 bridgehead atoms. The molecule has 0 radical (unpaired) electrons. The number of hydrogen-bond donors (Lipinski definition) is 1. The van der Waals surface area contributed by atoms with E-state index < -0.39 is 17.7 Å². The van der Waals surface area contributed by atoms with Crippen molar-refractivity contribution in [3.63, 3.8) is 0 Å². The predicted octanol–water partition coefficient (Wildman–Crippen LogP) is 6.26. The fourth-order valence-corrected chi connectivity index (χ4v) is 5.75. The van der Waals surface area contributed by atoms with Gasteiger partial charge in [0.15, 0.2) is 16.6 Å². The molecule has 1 aromatic heterocycles. The van der Waals surface area contributed by atoms with Crippen molar-refractivity contribution in [2.75, 3.05) is 26.2 Å². The van der Waals surface area contributed by atoms with E-state index in [9.17, 15) is 14.7 Å². The molecular weight excluding hydrogens is 551 g/mol. The number of ketones is 1. The van der Waals surface area contributed by atoms with E-state index in [1.54, 1.807) is 54.6 Å². The number of ether oxygens (including phenoxy) is 3. The third-order valence-electron chi connectivity index (χ3n) is 6.11. The number of thiazole rings is 1. The SMILES string of the molecule is COc1cc(C2/C(=C(\O)c3ccc(Cl)cc3)C(=O)C(=O)N2c2nc3ccc(Cl)cc3s2)cc(OC)c1OC. The molecule has 11 heteroatoms. The maximum absolute atomic E-state index is 13.5. The Morgan fingerprint density at radius 2 is 1.55 bits per heavy atom. The summed E-state index contributed by atoms with van der Waals surface area (Å²) in [5.41, 5.74) is 1.24. The van der Waals surface area contributed by atoms with E-state index in [-0.39, 0.29) is 16.5 Å².